The minimum Gasteiger partial charge on any atom is -0.298 e. The van der Waals surface area contributed by atoms with Crippen molar-refractivity contribution >= 4 is 21.5 Å². The molecule has 1 aromatic carbocycles. The van der Waals surface area contributed by atoms with Crippen molar-refractivity contribution in [3.8, 4) is 0 Å². The first-order valence-corrected chi connectivity index (χ1v) is 4.56. The van der Waals surface area contributed by atoms with Crippen LogP contribution in [0.2, 0.25) is 0 Å². The van der Waals surface area contributed by atoms with Crippen molar-refractivity contribution in [3.63, 3.8) is 0 Å². The Hall–Kier alpha value is -1.00. The van der Waals surface area contributed by atoms with Gasteiger partial charge < -0.3 is 0 Å². The molecule has 2 N–H and O–H groups in total. The lowest BCUT2D eigenvalue weighted by Gasteiger charge is -2.04. The van der Waals surface area contributed by atoms with Gasteiger partial charge in [-0.2, -0.15) is 10.2 Å². The van der Waals surface area contributed by atoms with Gasteiger partial charge in [0.2, 0.25) is 6.17 Å². The van der Waals surface area contributed by atoms with E-state index in [1.54, 1.807) is 6.20 Å². The van der Waals surface area contributed by atoms with Crippen LogP contribution in [-0.4, -0.2) is 0 Å². The molecule has 1 aliphatic heterocycles. The quantitative estimate of drug-likeness (QED) is 0.801. The summed E-state index contributed by atoms with van der Waals surface area (Å²) in [5.74, 6) is 0. The smallest absolute Gasteiger partial charge is 0.202 e. The summed E-state index contributed by atoms with van der Waals surface area (Å²) in [6, 6.07) is 7.86. The molecule has 1 heterocycles. The molecule has 3 nitrogen and oxygen atoms in total. The second-order valence-corrected chi connectivity index (χ2v) is 3.57. The first-order valence-electron chi connectivity index (χ1n) is 3.77. The Morgan fingerprint density at radius 3 is 2.38 bits per heavy atom. The maximum Gasteiger partial charge on any atom is 0.202 e. The molecule has 0 bridgehead atoms. The number of nitrogens with zero attached hydrogens (tertiary/aromatic N) is 2. The molecule has 0 fully saturated rings. The van der Waals surface area contributed by atoms with Gasteiger partial charge in [-0.05, 0) is 17.7 Å². The van der Waals surface area contributed by atoms with Crippen LogP contribution in [0.25, 0.3) is 5.57 Å². The zero-order valence-corrected chi connectivity index (χ0v) is 8.32. The van der Waals surface area contributed by atoms with E-state index in [1.165, 1.54) is 0 Å². The topological polar surface area (TPSA) is 50.7 Å². The Balaban J connectivity index is 2.32. The predicted molar refractivity (Wildman–Crippen MR) is 54.4 cm³/mol. The van der Waals surface area contributed by atoms with Crippen LogP contribution in [0, 0.1) is 6.17 Å². The second-order valence-electron chi connectivity index (χ2n) is 2.65. The molecular weight excluding hydrogens is 230 g/mol. The zero-order chi connectivity index (χ0) is 9.26. The normalized spacial score (nSPS) is 16.3. The van der Waals surface area contributed by atoms with E-state index >= 15 is 0 Å². The summed E-state index contributed by atoms with van der Waals surface area (Å²) in [6.45, 7) is 0. The lowest BCUT2D eigenvalue weighted by molar-refractivity contribution is 1.04. The number of nitrogens with two attached hydrogens (primary N) is 1. The third-order valence-corrected chi connectivity index (χ3v) is 2.31. The van der Waals surface area contributed by atoms with Gasteiger partial charge in [0.05, 0.1) is 6.20 Å². The van der Waals surface area contributed by atoms with Crippen molar-refractivity contribution in [2.75, 3.05) is 0 Å². The molecule has 65 valence electrons. The van der Waals surface area contributed by atoms with Gasteiger partial charge >= 0.3 is 0 Å². The molecule has 1 aromatic rings. The molecule has 0 aromatic heterocycles. The minimum absolute atomic E-state index is 0.474. The van der Waals surface area contributed by atoms with Crippen LogP contribution in [0.1, 0.15) is 5.56 Å². The van der Waals surface area contributed by atoms with Gasteiger partial charge in [0.1, 0.15) is 0 Å². The fourth-order valence-corrected chi connectivity index (χ4v) is 1.39. The van der Waals surface area contributed by atoms with Crippen LogP contribution in [0.5, 0.6) is 0 Å². The Kier molecular flexibility index (Phi) is 2.24. The highest BCUT2D eigenvalue weighted by Gasteiger charge is 2.15. The number of rotatable bonds is 1. The van der Waals surface area contributed by atoms with Gasteiger partial charge in [0.25, 0.3) is 0 Å². The standard InChI is InChI=1S/C9H7BrN3/c10-7-3-1-6(2-4-7)8-5-12-13-9(8)11/h1-5H,11H2. The van der Waals surface area contributed by atoms with E-state index in [4.69, 9.17) is 5.73 Å². The maximum atomic E-state index is 5.63. The van der Waals surface area contributed by atoms with E-state index in [2.05, 4.69) is 26.2 Å². The largest absolute Gasteiger partial charge is 0.298 e. The number of hydrogen-bond acceptors (Lipinski definition) is 3. The number of hydrogen-bond donors (Lipinski definition) is 1. The fourth-order valence-electron chi connectivity index (χ4n) is 1.12. The average molecular weight is 237 g/mol. The first-order chi connectivity index (χ1) is 6.27. The van der Waals surface area contributed by atoms with E-state index in [-0.39, 0.29) is 0 Å². The highest BCUT2D eigenvalue weighted by Crippen LogP contribution is 2.28. The van der Waals surface area contributed by atoms with E-state index in [0.717, 1.165) is 15.6 Å². The second kappa shape index (κ2) is 3.40. The predicted octanol–water partition coefficient (Wildman–Crippen LogP) is 2.70. The van der Waals surface area contributed by atoms with Crippen LogP contribution in [0.15, 0.2) is 45.2 Å². The fraction of sp³-hybridized carbons (Fsp3) is 0. The van der Waals surface area contributed by atoms with Gasteiger partial charge in [-0.3, -0.25) is 5.73 Å². The summed E-state index contributed by atoms with van der Waals surface area (Å²) in [5.41, 5.74) is 7.54. The van der Waals surface area contributed by atoms with Crippen molar-refractivity contribution < 1.29 is 0 Å². The molecule has 0 saturated heterocycles. The number of halogens is 1. The lowest BCUT2D eigenvalue weighted by Crippen LogP contribution is -2.05. The van der Waals surface area contributed by atoms with Crippen LogP contribution in [0.3, 0.4) is 0 Å². The first kappa shape index (κ1) is 8.59. The zero-order valence-electron chi connectivity index (χ0n) is 6.74. The summed E-state index contributed by atoms with van der Waals surface area (Å²) in [6.07, 6.45) is 2.14. The van der Waals surface area contributed by atoms with Gasteiger partial charge in [-0.25, -0.2) is 0 Å². The molecule has 13 heavy (non-hydrogen) atoms. The summed E-state index contributed by atoms with van der Waals surface area (Å²) >= 11 is 3.36. The van der Waals surface area contributed by atoms with Gasteiger partial charge in [0.15, 0.2) is 0 Å². The summed E-state index contributed by atoms with van der Waals surface area (Å²) in [4.78, 5) is 0. The van der Waals surface area contributed by atoms with E-state index < -0.39 is 0 Å². The molecule has 2 rings (SSSR count). The Bertz CT molecular complexity index is 367. The molecule has 0 atom stereocenters. The molecule has 1 aliphatic rings. The van der Waals surface area contributed by atoms with E-state index in [1.807, 2.05) is 24.3 Å². The van der Waals surface area contributed by atoms with Crippen molar-refractivity contribution in [1.29, 1.82) is 0 Å². The van der Waals surface area contributed by atoms with Crippen molar-refractivity contribution in [1.82, 2.24) is 0 Å². The third kappa shape index (κ3) is 1.68. The monoisotopic (exact) mass is 236 g/mol. The minimum atomic E-state index is 0.474. The maximum absolute atomic E-state index is 5.63. The van der Waals surface area contributed by atoms with Crippen molar-refractivity contribution in [3.05, 3.63) is 46.7 Å². The number of benzene rings is 1. The summed E-state index contributed by atoms with van der Waals surface area (Å²) in [5, 5.41) is 7.47. The lowest BCUT2D eigenvalue weighted by atomic mass is 10.1. The summed E-state index contributed by atoms with van der Waals surface area (Å²) < 4.78 is 1.04. The van der Waals surface area contributed by atoms with Crippen molar-refractivity contribution in [2.45, 2.75) is 0 Å². The van der Waals surface area contributed by atoms with Crippen LogP contribution in [-0.2, 0) is 0 Å². The molecule has 1 radical (unpaired) electrons. The molecule has 4 heteroatoms. The van der Waals surface area contributed by atoms with Gasteiger partial charge in [-0.1, -0.05) is 28.1 Å². The van der Waals surface area contributed by atoms with E-state index in [0.29, 0.717) is 6.17 Å². The average Bonchev–Trinajstić information content (AvgIpc) is 2.53. The van der Waals surface area contributed by atoms with Crippen molar-refractivity contribution in [2.24, 2.45) is 16.0 Å². The SMILES string of the molecule is N[C]1N=NC=C1c1ccc(Br)cc1. The third-order valence-electron chi connectivity index (χ3n) is 1.78. The summed E-state index contributed by atoms with van der Waals surface area (Å²) in [7, 11) is 0. The Morgan fingerprint density at radius 1 is 1.15 bits per heavy atom. The van der Waals surface area contributed by atoms with Crippen LogP contribution >= 0.6 is 15.9 Å². The Labute approximate surface area is 84.5 Å². The van der Waals surface area contributed by atoms with Gasteiger partial charge in [-0.15, -0.1) is 0 Å². The van der Waals surface area contributed by atoms with Crippen LogP contribution in [0.4, 0.5) is 0 Å². The molecular formula is C9H7BrN3. The van der Waals surface area contributed by atoms with Crippen LogP contribution < -0.4 is 5.73 Å². The molecule has 0 unspecified atom stereocenters. The highest BCUT2D eigenvalue weighted by molar-refractivity contribution is 9.10. The molecule has 0 saturated carbocycles. The molecule has 0 amide bonds. The molecule has 0 spiro atoms. The Morgan fingerprint density at radius 2 is 1.85 bits per heavy atom. The van der Waals surface area contributed by atoms with E-state index in [9.17, 15) is 0 Å². The molecule has 0 aliphatic carbocycles. The highest BCUT2D eigenvalue weighted by atomic mass is 79.9. The number of azo groups is 1. The van der Waals surface area contributed by atoms with Gasteiger partial charge in [0, 0.05) is 10.0 Å².